The monoisotopic (exact) mass is 196 g/mol. The van der Waals surface area contributed by atoms with E-state index in [2.05, 4.69) is 9.97 Å². The first kappa shape index (κ1) is 10.1. The Morgan fingerprint density at radius 3 is 2.29 bits per heavy atom. The molecule has 1 aromatic rings. The highest BCUT2D eigenvalue weighted by Gasteiger charge is 2.25. The van der Waals surface area contributed by atoms with Crippen LogP contribution in [0.25, 0.3) is 0 Å². The van der Waals surface area contributed by atoms with Crippen LogP contribution in [-0.2, 0) is 9.59 Å². The summed E-state index contributed by atoms with van der Waals surface area (Å²) in [6.45, 7) is 0. The number of nitrogens with zero attached hydrogens (tertiary/aromatic N) is 2. The van der Waals surface area contributed by atoms with Crippen LogP contribution in [0.5, 0.6) is 0 Å². The van der Waals surface area contributed by atoms with Crippen LogP contribution in [0.4, 0.5) is 0 Å². The van der Waals surface area contributed by atoms with Gasteiger partial charge in [-0.3, -0.25) is 9.59 Å². The first-order valence-electron chi connectivity index (χ1n) is 3.82. The van der Waals surface area contributed by atoms with Crippen molar-refractivity contribution in [2.75, 3.05) is 0 Å². The Morgan fingerprint density at radius 2 is 1.86 bits per heavy atom. The van der Waals surface area contributed by atoms with Gasteiger partial charge in [-0.2, -0.15) is 0 Å². The minimum atomic E-state index is -1.24. The van der Waals surface area contributed by atoms with Crippen molar-refractivity contribution >= 4 is 11.9 Å². The van der Waals surface area contributed by atoms with Crippen molar-refractivity contribution in [1.82, 2.24) is 9.97 Å². The fourth-order valence-corrected chi connectivity index (χ4v) is 0.954. The summed E-state index contributed by atoms with van der Waals surface area (Å²) in [5.41, 5.74) is 0. The van der Waals surface area contributed by atoms with Gasteiger partial charge >= 0.3 is 11.9 Å². The SMILES string of the molecule is O=C(O)CC(C(=O)O)c1ncccn1. The van der Waals surface area contributed by atoms with Crippen molar-refractivity contribution in [2.45, 2.75) is 12.3 Å². The van der Waals surface area contributed by atoms with Crippen LogP contribution < -0.4 is 0 Å². The zero-order valence-electron chi connectivity index (χ0n) is 7.12. The molecule has 0 saturated heterocycles. The van der Waals surface area contributed by atoms with Crippen molar-refractivity contribution in [1.29, 1.82) is 0 Å². The average Bonchev–Trinajstić information content (AvgIpc) is 2.15. The molecule has 0 spiro atoms. The molecule has 0 bridgehead atoms. The second-order valence-electron chi connectivity index (χ2n) is 2.60. The van der Waals surface area contributed by atoms with Crippen molar-refractivity contribution in [2.24, 2.45) is 0 Å². The highest BCUT2D eigenvalue weighted by molar-refractivity contribution is 5.81. The Balaban J connectivity index is 2.89. The molecule has 1 aromatic heterocycles. The van der Waals surface area contributed by atoms with Crippen LogP contribution in [0.3, 0.4) is 0 Å². The predicted octanol–water partition coefficient (Wildman–Crippen LogP) is 0.119. The summed E-state index contributed by atoms with van der Waals surface area (Å²) < 4.78 is 0. The van der Waals surface area contributed by atoms with Crippen molar-refractivity contribution in [3.63, 3.8) is 0 Å². The molecule has 0 aliphatic heterocycles. The first-order valence-corrected chi connectivity index (χ1v) is 3.82. The third-order valence-corrected chi connectivity index (χ3v) is 1.57. The number of aromatic nitrogens is 2. The normalized spacial score (nSPS) is 12.0. The van der Waals surface area contributed by atoms with E-state index in [9.17, 15) is 9.59 Å². The Morgan fingerprint density at radius 1 is 1.29 bits per heavy atom. The summed E-state index contributed by atoms with van der Waals surface area (Å²) in [7, 11) is 0. The Kier molecular flexibility index (Phi) is 3.11. The van der Waals surface area contributed by atoms with Gasteiger partial charge in [-0.1, -0.05) is 0 Å². The number of carbonyl (C=O) groups is 2. The molecule has 0 aliphatic rings. The van der Waals surface area contributed by atoms with Crippen LogP contribution in [0.2, 0.25) is 0 Å². The summed E-state index contributed by atoms with van der Waals surface area (Å²) in [6.07, 6.45) is 2.24. The minimum Gasteiger partial charge on any atom is -0.481 e. The molecule has 2 N–H and O–H groups in total. The summed E-state index contributed by atoms with van der Waals surface area (Å²) in [6, 6.07) is 1.53. The van der Waals surface area contributed by atoms with Crippen LogP contribution >= 0.6 is 0 Å². The number of rotatable bonds is 4. The lowest BCUT2D eigenvalue weighted by Crippen LogP contribution is -2.18. The lowest BCUT2D eigenvalue weighted by atomic mass is 10.1. The lowest BCUT2D eigenvalue weighted by molar-refractivity contribution is -0.145. The predicted molar refractivity (Wildman–Crippen MR) is 44.7 cm³/mol. The van der Waals surface area contributed by atoms with E-state index in [-0.39, 0.29) is 5.82 Å². The number of aliphatic carboxylic acids is 2. The van der Waals surface area contributed by atoms with Crippen LogP contribution in [0.15, 0.2) is 18.5 Å². The Bertz CT molecular complexity index is 338. The third kappa shape index (κ3) is 2.51. The summed E-state index contributed by atoms with van der Waals surface area (Å²) in [5.74, 6) is -3.60. The molecule has 0 aliphatic carbocycles. The molecule has 6 nitrogen and oxygen atoms in total. The molecular weight excluding hydrogens is 188 g/mol. The number of hydrogen-bond donors (Lipinski definition) is 2. The van der Waals surface area contributed by atoms with Crippen molar-refractivity contribution < 1.29 is 19.8 Å². The lowest BCUT2D eigenvalue weighted by Gasteiger charge is -2.06. The van der Waals surface area contributed by atoms with E-state index < -0.39 is 24.3 Å². The van der Waals surface area contributed by atoms with Gasteiger partial charge < -0.3 is 10.2 Å². The van der Waals surface area contributed by atoms with Gasteiger partial charge in [0, 0.05) is 12.4 Å². The maximum Gasteiger partial charge on any atom is 0.314 e. The smallest absolute Gasteiger partial charge is 0.314 e. The van der Waals surface area contributed by atoms with E-state index in [0.717, 1.165) is 0 Å². The molecule has 0 aromatic carbocycles. The summed E-state index contributed by atoms with van der Waals surface area (Å²) in [4.78, 5) is 28.5. The number of hydrogen-bond acceptors (Lipinski definition) is 4. The van der Waals surface area contributed by atoms with E-state index in [1.165, 1.54) is 18.5 Å². The standard InChI is InChI=1S/C8H8N2O4/c11-6(12)4-5(8(13)14)7-9-2-1-3-10-7/h1-3,5H,4H2,(H,11,12)(H,13,14). The molecule has 0 fully saturated rings. The zero-order chi connectivity index (χ0) is 10.6. The van der Waals surface area contributed by atoms with E-state index >= 15 is 0 Å². The van der Waals surface area contributed by atoms with E-state index in [1.807, 2.05) is 0 Å². The molecule has 6 heteroatoms. The molecule has 0 radical (unpaired) electrons. The molecule has 1 rings (SSSR count). The average molecular weight is 196 g/mol. The molecular formula is C8H8N2O4. The Hall–Kier alpha value is -1.98. The molecule has 1 atom stereocenters. The second kappa shape index (κ2) is 4.31. The summed E-state index contributed by atoms with van der Waals surface area (Å²) in [5, 5.41) is 17.2. The van der Waals surface area contributed by atoms with Crippen LogP contribution in [0, 0.1) is 0 Å². The van der Waals surface area contributed by atoms with E-state index in [1.54, 1.807) is 0 Å². The molecule has 74 valence electrons. The molecule has 1 heterocycles. The van der Waals surface area contributed by atoms with E-state index in [4.69, 9.17) is 10.2 Å². The van der Waals surface area contributed by atoms with Crippen molar-refractivity contribution in [3.05, 3.63) is 24.3 Å². The quantitative estimate of drug-likeness (QED) is 0.709. The van der Waals surface area contributed by atoms with Crippen LogP contribution in [-0.4, -0.2) is 32.1 Å². The van der Waals surface area contributed by atoms with Crippen molar-refractivity contribution in [3.8, 4) is 0 Å². The zero-order valence-corrected chi connectivity index (χ0v) is 7.12. The fourth-order valence-electron chi connectivity index (χ4n) is 0.954. The van der Waals surface area contributed by atoms with Crippen LogP contribution in [0.1, 0.15) is 18.2 Å². The number of carboxylic acid groups (broad SMARTS) is 2. The van der Waals surface area contributed by atoms with Gasteiger partial charge in [-0.25, -0.2) is 9.97 Å². The third-order valence-electron chi connectivity index (χ3n) is 1.57. The summed E-state index contributed by atoms with van der Waals surface area (Å²) >= 11 is 0. The largest absolute Gasteiger partial charge is 0.481 e. The minimum absolute atomic E-state index is 0.0161. The Labute approximate surface area is 79.2 Å². The molecule has 1 unspecified atom stereocenters. The maximum atomic E-state index is 10.7. The van der Waals surface area contributed by atoms with Gasteiger partial charge in [0.15, 0.2) is 0 Å². The van der Waals surface area contributed by atoms with Gasteiger partial charge in [0.2, 0.25) is 0 Å². The first-order chi connectivity index (χ1) is 6.61. The highest BCUT2D eigenvalue weighted by Crippen LogP contribution is 2.14. The van der Waals surface area contributed by atoms with Gasteiger partial charge in [0.1, 0.15) is 11.7 Å². The van der Waals surface area contributed by atoms with E-state index in [0.29, 0.717) is 0 Å². The molecule has 0 saturated carbocycles. The maximum absolute atomic E-state index is 10.7. The molecule has 0 amide bonds. The topological polar surface area (TPSA) is 100 Å². The highest BCUT2D eigenvalue weighted by atomic mass is 16.4. The van der Waals surface area contributed by atoms with Gasteiger partial charge in [-0.05, 0) is 6.07 Å². The van der Waals surface area contributed by atoms with Gasteiger partial charge in [0.25, 0.3) is 0 Å². The fraction of sp³-hybridized carbons (Fsp3) is 0.250. The molecule has 14 heavy (non-hydrogen) atoms. The second-order valence-corrected chi connectivity index (χ2v) is 2.60. The number of carboxylic acids is 2. The van der Waals surface area contributed by atoms with Gasteiger partial charge in [-0.15, -0.1) is 0 Å². The van der Waals surface area contributed by atoms with Gasteiger partial charge in [0.05, 0.1) is 6.42 Å².